The Hall–Kier alpha value is -3.37. The first-order valence-electron chi connectivity index (χ1n) is 12.9. The summed E-state index contributed by atoms with van der Waals surface area (Å²) in [6, 6.07) is 20.5. The first-order chi connectivity index (χ1) is 19.9. The number of unbranched alkanes of at least 4 members (excludes halogenated alkanes) is 1. The fourth-order valence-corrected chi connectivity index (χ4v) is 6.43. The number of hydrogen-bond donors (Lipinski definition) is 1. The molecule has 0 saturated carbocycles. The maximum absolute atomic E-state index is 13.5. The molecule has 210 valence electrons. The summed E-state index contributed by atoms with van der Waals surface area (Å²) >= 11 is 15.2. The normalized spacial score (nSPS) is 16.4. The molecule has 11 heteroatoms. The van der Waals surface area contributed by atoms with E-state index in [1.807, 2.05) is 30.3 Å². The Labute approximate surface area is 255 Å². The van der Waals surface area contributed by atoms with Crippen molar-refractivity contribution >= 4 is 68.9 Å². The minimum absolute atomic E-state index is 0.0817. The zero-order valence-electron chi connectivity index (χ0n) is 21.9. The van der Waals surface area contributed by atoms with Crippen LogP contribution in [0, 0.1) is 0 Å². The van der Waals surface area contributed by atoms with Crippen molar-refractivity contribution in [3.63, 3.8) is 0 Å². The SMILES string of the molecule is CCCCOc1ccc(C(O)=C2C(=O)C(=O)N(c3nnc(SCc4ccccc4)s3)C2c2ccc(Cl)c(Cl)c2)cc1. The van der Waals surface area contributed by atoms with Gasteiger partial charge in [-0.15, -0.1) is 10.2 Å². The first-order valence-corrected chi connectivity index (χ1v) is 15.4. The fourth-order valence-electron chi connectivity index (χ4n) is 4.30. The number of Topliss-reactive ketones (excluding diaryl/α,β-unsaturated/α-hetero) is 1. The minimum Gasteiger partial charge on any atom is -0.507 e. The van der Waals surface area contributed by atoms with Gasteiger partial charge in [0.2, 0.25) is 5.13 Å². The molecule has 1 fully saturated rings. The zero-order valence-corrected chi connectivity index (χ0v) is 25.1. The van der Waals surface area contributed by atoms with Gasteiger partial charge in [-0.3, -0.25) is 14.5 Å². The van der Waals surface area contributed by atoms with E-state index in [2.05, 4.69) is 17.1 Å². The van der Waals surface area contributed by atoms with Gasteiger partial charge in [-0.1, -0.05) is 96.0 Å². The minimum atomic E-state index is -0.995. The van der Waals surface area contributed by atoms with Crippen LogP contribution in [0.15, 0.2) is 82.7 Å². The largest absolute Gasteiger partial charge is 0.507 e. The molecule has 7 nitrogen and oxygen atoms in total. The highest BCUT2D eigenvalue weighted by molar-refractivity contribution is 8.00. The molecule has 1 aliphatic heterocycles. The van der Waals surface area contributed by atoms with Crippen LogP contribution in [0.25, 0.3) is 5.76 Å². The Bertz CT molecular complexity index is 1590. The maximum atomic E-state index is 13.5. The van der Waals surface area contributed by atoms with Crippen molar-refractivity contribution in [2.45, 2.75) is 35.9 Å². The second kappa shape index (κ2) is 13.1. The molecule has 0 radical (unpaired) electrons. The lowest BCUT2D eigenvalue weighted by Crippen LogP contribution is -2.29. The van der Waals surface area contributed by atoms with Gasteiger partial charge in [-0.2, -0.15) is 0 Å². The Kier molecular flexibility index (Phi) is 9.29. The second-order valence-corrected chi connectivity index (χ2v) is 12.2. The number of anilines is 1. The van der Waals surface area contributed by atoms with Crippen LogP contribution in [0.3, 0.4) is 0 Å². The summed E-state index contributed by atoms with van der Waals surface area (Å²) in [6.45, 7) is 2.66. The van der Waals surface area contributed by atoms with E-state index in [-0.39, 0.29) is 21.5 Å². The lowest BCUT2D eigenvalue weighted by Gasteiger charge is -2.23. The van der Waals surface area contributed by atoms with Gasteiger partial charge < -0.3 is 9.84 Å². The van der Waals surface area contributed by atoms with E-state index >= 15 is 0 Å². The Morgan fingerprint density at radius 2 is 1.78 bits per heavy atom. The van der Waals surface area contributed by atoms with Crippen LogP contribution in [-0.4, -0.2) is 33.6 Å². The van der Waals surface area contributed by atoms with Crippen LogP contribution >= 0.6 is 46.3 Å². The number of rotatable bonds is 10. The van der Waals surface area contributed by atoms with Gasteiger partial charge in [0.15, 0.2) is 4.34 Å². The molecule has 5 rings (SSSR count). The molecule has 1 amide bonds. The number of carbonyl (C=O) groups excluding carboxylic acids is 2. The van der Waals surface area contributed by atoms with Gasteiger partial charge >= 0.3 is 5.91 Å². The van der Waals surface area contributed by atoms with Crippen molar-refractivity contribution in [2.24, 2.45) is 0 Å². The molecule has 0 spiro atoms. The van der Waals surface area contributed by atoms with E-state index in [0.29, 0.717) is 38.6 Å². The van der Waals surface area contributed by atoms with Crippen molar-refractivity contribution in [1.82, 2.24) is 10.2 Å². The summed E-state index contributed by atoms with van der Waals surface area (Å²) in [5, 5.41) is 20.7. The highest BCUT2D eigenvalue weighted by Crippen LogP contribution is 2.45. The molecular formula is C30H25Cl2N3O4S2. The van der Waals surface area contributed by atoms with Gasteiger partial charge in [0.05, 0.1) is 28.3 Å². The molecule has 4 aromatic rings. The Morgan fingerprint density at radius 3 is 2.49 bits per heavy atom. The lowest BCUT2D eigenvalue weighted by atomic mass is 9.95. The van der Waals surface area contributed by atoms with E-state index in [1.165, 1.54) is 28.0 Å². The number of benzene rings is 3. The number of hydrogen-bond acceptors (Lipinski definition) is 8. The van der Waals surface area contributed by atoms with E-state index in [1.54, 1.807) is 42.5 Å². The molecule has 0 aliphatic carbocycles. The van der Waals surface area contributed by atoms with Crippen LogP contribution in [0.4, 0.5) is 5.13 Å². The standard InChI is InChI=1S/C30H25Cl2N3O4S2/c1-2-3-15-39-21-12-9-19(10-13-21)26(36)24-25(20-11-14-22(31)23(32)16-20)35(28(38)27(24)37)29-33-34-30(41-29)40-17-18-7-5-4-6-8-18/h4-14,16,25,36H,2-3,15,17H2,1H3. The van der Waals surface area contributed by atoms with Crippen LogP contribution in [0.5, 0.6) is 5.75 Å². The number of aliphatic hydroxyl groups is 1. The van der Waals surface area contributed by atoms with Crippen LogP contribution in [0.2, 0.25) is 10.0 Å². The highest BCUT2D eigenvalue weighted by Gasteiger charge is 2.48. The van der Waals surface area contributed by atoms with E-state index in [9.17, 15) is 14.7 Å². The van der Waals surface area contributed by atoms with Crippen molar-refractivity contribution in [3.05, 3.63) is 105 Å². The maximum Gasteiger partial charge on any atom is 0.301 e. The van der Waals surface area contributed by atoms with Gasteiger partial charge in [-0.25, -0.2) is 0 Å². The summed E-state index contributed by atoms with van der Waals surface area (Å²) in [4.78, 5) is 28.2. The third-order valence-electron chi connectivity index (χ3n) is 6.41. The van der Waals surface area contributed by atoms with Crippen LogP contribution in [-0.2, 0) is 15.3 Å². The second-order valence-electron chi connectivity index (χ2n) is 9.19. The smallest absolute Gasteiger partial charge is 0.301 e. The third kappa shape index (κ3) is 6.43. The number of aliphatic hydroxyl groups excluding tert-OH is 1. The summed E-state index contributed by atoms with van der Waals surface area (Å²) in [5.74, 6) is -0.660. The number of halogens is 2. The molecule has 1 N–H and O–H groups in total. The highest BCUT2D eigenvalue weighted by atomic mass is 35.5. The molecule has 1 aromatic heterocycles. The third-order valence-corrected chi connectivity index (χ3v) is 9.27. The molecule has 3 aromatic carbocycles. The lowest BCUT2D eigenvalue weighted by molar-refractivity contribution is -0.132. The number of carbonyl (C=O) groups is 2. The molecular weight excluding hydrogens is 601 g/mol. The van der Waals surface area contributed by atoms with Crippen molar-refractivity contribution < 1.29 is 19.4 Å². The van der Waals surface area contributed by atoms with Crippen molar-refractivity contribution in [3.8, 4) is 5.75 Å². The van der Waals surface area contributed by atoms with Crippen molar-refractivity contribution in [1.29, 1.82) is 0 Å². The molecule has 1 aliphatic rings. The van der Waals surface area contributed by atoms with E-state index < -0.39 is 17.7 Å². The molecule has 1 atom stereocenters. The van der Waals surface area contributed by atoms with E-state index in [4.69, 9.17) is 27.9 Å². The number of ether oxygens (including phenoxy) is 1. The monoisotopic (exact) mass is 625 g/mol. The zero-order chi connectivity index (χ0) is 28.9. The molecule has 0 bridgehead atoms. The Morgan fingerprint density at radius 1 is 1.02 bits per heavy atom. The van der Waals surface area contributed by atoms with Crippen LogP contribution < -0.4 is 9.64 Å². The van der Waals surface area contributed by atoms with Crippen molar-refractivity contribution in [2.75, 3.05) is 11.5 Å². The summed E-state index contributed by atoms with van der Waals surface area (Å²) in [7, 11) is 0. The van der Waals surface area contributed by atoms with Gasteiger partial charge in [0, 0.05) is 11.3 Å². The van der Waals surface area contributed by atoms with Gasteiger partial charge in [0.1, 0.15) is 11.5 Å². The number of nitrogens with zero attached hydrogens (tertiary/aromatic N) is 3. The fraction of sp³-hybridized carbons (Fsp3) is 0.200. The predicted molar refractivity (Wildman–Crippen MR) is 164 cm³/mol. The van der Waals surface area contributed by atoms with Gasteiger partial charge in [0.25, 0.3) is 5.78 Å². The van der Waals surface area contributed by atoms with Gasteiger partial charge in [-0.05, 0) is 53.9 Å². The Balaban J connectivity index is 1.51. The summed E-state index contributed by atoms with van der Waals surface area (Å²) in [6.07, 6.45) is 1.93. The molecule has 41 heavy (non-hydrogen) atoms. The molecule has 1 saturated heterocycles. The molecule has 1 unspecified atom stereocenters. The average molecular weight is 627 g/mol. The predicted octanol–water partition coefficient (Wildman–Crippen LogP) is 7.94. The molecule has 2 heterocycles. The topological polar surface area (TPSA) is 92.6 Å². The number of ketones is 1. The van der Waals surface area contributed by atoms with Crippen LogP contribution in [0.1, 0.15) is 42.5 Å². The number of thioether (sulfide) groups is 1. The summed E-state index contributed by atoms with van der Waals surface area (Å²) in [5.41, 5.74) is 1.90. The number of amides is 1. The number of aromatic nitrogens is 2. The quantitative estimate of drug-likeness (QED) is 0.0477. The summed E-state index contributed by atoms with van der Waals surface area (Å²) < 4.78 is 6.35. The first kappa shape index (κ1) is 29.1. The average Bonchev–Trinajstić information content (AvgIpc) is 3.56. The van der Waals surface area contributed by atoms with E-state index in [0.717, 1.165) is 18.4 Å².